The van der Waals surface area contributed by atoms with Crippen LogP contribution >= 0.6 is 11.3 Å². The Balaban J connectivity index is 2.05. The van der Waals surface area contributed by atoms with Gasteiger partial charge < -0.3 is 16.4 Å². The maximum absolute atomic E-state index is 11.8. The Labute approximate surface area is 97.0 Å². The first-order valence-corrected chi connectivity index (χ1v) is 5.98. The van der Waals surface area contributed by atoms with Crippen molar-refractivity contribution in [2.24, 2.45) is 5.73 Å². The summed E-state index contributed by atoms with van der Waals surface area (Å²) in [6, 6.07) is 1.47. The molecular weight excluding hydrogens is 226 g/mol. The van der Waals surface area contributed by atoms with Crippen molar-refractivity contribution >= 4 is 28.2 Å². The lowest BCUT2D eigenvalue weighted by molar-refractivity contribution is -0.117. The van der Waals surface area contributed by atoms with Gasteiger partial charge in [0.15, 0.2) is 0 Å². The molecule has 2 amide bonds. The minimum Gasteiger partial charge on any atom is -0.366 e. The number of hydrogen-bond acceptors (Lipinski definition) is 4. The van der Waals surface area contributed by atoms with Crippen molar-refractivity contribution in [2.45, 2.75) is 18.9 Å². The predicted octanol–water partition coefficient (Wildman–Crippen LogP) is 0.537. The maximum atomic E-state index is 11.8. The van der Waals surface area contributed by atoms with Gasteiger partial charge in [0.1, 0.15) is 5.00 Å². The highest BCUT2D eigenvalue weighted by molar-refractivity contribution is 7.14. The average molecular weight is 239 g/mol. The minimum atomic E-state index is -0.518. The third kappa shape index (κ3) is 2.23. The van der Waals surface area contributed by atoms with Gasteiger partial charge in [0.25, 0.3) is 5.91 Å². The Morgan fingerprint density at radius 1 is 1.56 bits per heavy atom. The molecule has 0 spiro atoms. The van der Waals surface area contributed by atoms with Crippen LogP contribution in [0.15, 0.2) is 11.4 Å². The summed E-state index contributed by atoms with van der Waals surface area (Å²) in [5.41, 5.74) is 5.56. The number of nitrogens with two attached hydrogens (primary N) is 1. The molecule has 4 N–H and O–H groups in total. The molecule has 0 aliphatic carbocycles. The van der Waals surface area contributed by atoms with Gasteiger partial charge in [0.05, 0.1) is 11.6 Å². The molecule has 6 heteroatoms. The van der Waals surface area contributed by atoms with E-state index in [0.29, 0.717) is 10.6 Å². The number of carbonyl (C=O) groups excluding carboxylic acids is 2. The topological polar surface area (TPSA) is 84.2 Å². The van der Waals surface area contributed by atoms with Crippen LogP contribution in [-0.2, 0) is 4.79 Å². The van der Waals surface area contributed by atoms with Gasteiger partial charge in [-0.2, -0.15) is 0 Å². The molecule has 5 nitrogen and oxygen atoms in total. The fraction of sp³-hybridized carbons (Fsp3) is 0.400. The Hall–Kier alpha value is -1.40. The summed E-state index contributed by atoms with van der Waals surface area (Å²) < 4.78 is 0. The molecule has 0 saturated carbocycles. The summed E-state index contributed by atoms with van der Waals surface area (Å²) in [6.45, 7) is 0.866. The van der Waals surface area contributed by atoms with Crippen LogP contribution in [0.5, 0.6) is 0 Å². The second-order valence-electron chi connectivity index (χ2n) is 3.67. The standard InChI is InChI=1S/C10H13N3O2S/c11-8(14)6-3-5-16-10(6)13-9(15)7-2-1-4-12-7/h3,5,7,12H,1-2,4H2,(H2,11,14)(H,13,15). The van der Waals surface area contributed by atoms with Gasteiger partial charge in [0, 0.05) is 0 Å². The highest BCUT2D eigenvalue weighted by Crippen LogP contribution is 2.23. The smallest absolute Gasteiger partial charge is 0.251 e. The molecule has 1 aliphatic heterocycles. The molecule has 0 radical (unpaired) electrons. The first-order valence-electron chi connectivity index (χ1n) is 5.10. The van der Waals surface area contributed by atoms with E-state index in [-0.39, 0.29) is 11.9 Å². The average Bonchev–Trinajstić information content (AvgIpc) is 2.86. The third-order valence-corrected chi connectivity index (χ3v) is 3.37. The Kier molecular flexibility index (Phi) is 3.21. The van der Waals surface area contributed by atoms with Crippen molar-refractivity contribution < 1.29 is 9.59 Å². The number of nitrogens with one attached hydrogen (secondary N) is 2. The maximum Gasteiger partial charge on any atom is 0.251 e. The summed E-state index contributed by atoms with van der Waals surface area (Å²) in [7, 11) is 0. The first kappa shape index (κ1) is 11.1. The lowest BCUT2D eigenvalue weighted by Crippen LogP contribution is -2.35. The van der Waals surface area contributed by atoms with E-state index < -0.39 is 5.91 Å². The normalized spacial score (nSPS) is 19.6. The molecule has 16 heavy (non-hydrogen) atoms. The quantitative estimate of drug-likeness (QED) is 0.719. The zero-order valence-corrected chi connectivity index (χ0v) is 9.47. The number of thiophene rings is 1. The summed E-state index contributed by atoms with van der Waals surface area (Å²) in [5, 5.41) is 8.09. The van der Waals surface area contributed by atoms with Crippen LogP contribution in [0, 0.1) is 0 Å². The van der Waals surface area contributed by atoms with Gasteiger partial charge in [-0.05, 0) is 30.8 Å². The molecule has 1 aliphatic rings. The molecule has 1 saturated heterocycles. The van der Waals surface area contributed by atoms with Gasteiger partial charge in [0.2, 0.25) is 5.91 Å². The van der Waals surface area contributed by atoms with Crippen molar-refractivity contribution in [2.75, 3.05) is 11.9 Å². The molecule has 0 aromatic carbocycles. The van der Waals surface area contributed by atoms with Crippen molar-refractivity contribution in [3.8, 4) is 0 Å². The third-order valence-electron chi connectivity index (χ3n) is 2.54. The van der Waals surface area contributed by atoms with E-state index in [2.05, 4.69) is 10.6 Å². The van der Waals surface area contributed by atoms with Crippen LogP contribution < -0.4 is 16.4 Å². The van der Waals surface area contributed by atoms with E-state index in [1.165, 1.54) is 11.3 Å². The molecule has 1 unspecified atom stereocenters. The summed E-state index contributed by atoms with van der Waals surface area (Å²) in [5.74, 6) is -0.613. The van der Waals surface area contributed by atoms with Crippen molar-refractivity contribution in [3.05, 3.63) is 17.0 Å². The second kappa shape index (κ2) is 4.63. The molecular formula is C10H13N3O2S. The molecule has 2 rings (SSSR count). The molecule has 1 atom stereocenters. The number of primary amides is 1. The molecule has 0 bridgehead atoms. The lowest BCUT2D eigenvalue weighted by atomic mass is 10.2. The number of hydrogen-bond donors (Lipinski definition) is 3. The highest BCUT2D eigenvalue weighted by atomic mass is 32.1. The largest absolute Gasteiger partial charge is 0.366 e. The summed E-state index contributed by atoms with van der Waals surface area (Å²) in [6.07, 6.45) is 1.84. The van der Waals surface area contributed by atoms with Crippen LogP contribution in [0.3, 0.4) is 0 Å². The van der Waals surface area contributed by atoms with E-state index in [4.69, 9.17) is 5.73 Å². The molecule has 1 aromatic rings. The van der Waals surface area contributed by atoms with Gasteiger partial charge in [-0.1, -0.05) is 0 Å². The van der Waals surface area contributed by atoms with E-state index in [1.54, 1.807) is 11.4 Å². The van der Waals surface area contributed by atoms with Crippen LogP contribution in [0.4, 0.5) is 5.00 Å². The summed E-state index contributed by atoms with van der Waals surface area (Å²) >= 11 is 1.30. The summed E-state index contributed by atoms with van der Waals surface area (Å²) in [4.78, 5) is 22.8. The zero-order chi connectivity index (χ0) is 11.5. The molecule has 1 aromatic heterocycles. The van der Waals surface area contributed by atoms with Gasteiger partial charge in [-0.15, -0.1) is 11.3 Å². The highest BCUT2D eigenvalue weighted by Gasteiger charge is 2.23. The lowest BCUT2D eigenvalue weighted by Gasteiger charge is -2.10. The van der Waals surface area contributed by atoms with Crippen molar-refractivity contribution in [3.63, 3.8) is 0 Å². The van der Waals surface area contributed by atoms with Gasteiger partial charge in [-0.25, -0.2) is 0 Å². The fourth-order valence-corrected chi connectivity index (χ4v) is 2.50. The van der Waals surface area contributed by atoms with Gasteiger partial charge >= 0.3 is 0 Å². The van der Waals surface area contributed by atoms with E-state index in [9.17, 15) is 9.59 Å². The van der Waals surface area contributed by atoms with Gasteiger partial charge in [-0.3, -0.25) is 9.59 Å². The van der Waals surface area contributed by atoms with Crippen LogP contribution in [0.2, 0.25) is 0 Å². The van der Waals surface area contributed by atoms with E-state index >= 15 is 0 Å². The number of carbonyl (C=O) groups is 2. The van der Waals surface area contributed by atoms with Crippen LogP contribution in [0.1, 0.15) is 23.2 Å². The molecule has 86 valence electrons. The second-order valence-corrected chi connectivity index (χ2v) is 4.58. The van der Waals surface area contributed by atoms with Crippen LogP contribution in [0.25, 0.3) is 0 Å². The Morgan fingerprint density at radius 2 is 2.38 bits per heavy atom. The number of rotatable bonds is 3. The molecule has 1 fully saturated rings. The minimum absolute atomic E-state index is 0.0950. The SMILES string of the molecule is NC(=O)c1ccsc1NC(=O)C1CCCN1. The molecule has 2 heterocycles. The number of anilines is 1. The van der Waals surface area contributed by atoms with Crippen LogP contribution in [-0.4, -0.2) is 24.4 Å². The Bertz CT molecular complexity index is 410. The first-order chi connectivity index (χ1) is 7.68. The van der Waals surface area contributed by atoms with E-state index in [0.717, 1.165) is 19.4 Å². The Morgan fingerprint density at radius 3 is 3.00 bits per heavy atom. The van der Waals surface area contributed by atoms with Crippen molar-refractivity contribution in [1.29, 1.82) is 0 Å². The fourth-order valence-electron chi connectivity index (χ4n) is 1.71. The zero-order valence-electron chi connectivity index (χ0n) is 8.66. The number of amides is 2. The predicted molar refractivity (Wildman–Crippen MR) is 62.5 cm³/mol. The monoisotopic (exact) mass is 239 g/mol. The van der Waals surface area contributed by atoms with E-state index in [1.807, 2.05) is 0 Å². The van der Waals surface area contributed by atoms with Crippen molar-refractivity contribution in [1.82, 2.24) is 5.32 Å².